The van der Waals surface area contributed by atoms with E-state index in [1.165, 1.54) is 7.11 Å². The number of anilines is 1. The highest BCUT2D eigenvalue weighted by Crippen LogP contribution is 2.25. The molecule has 1 aromatic rings. The average molecular weight is 293 g/mol. The van der Waals surface area contributed by atoms with Gasteiger partial charge in [-0.15, -0.1) is 0 Å². The smallest absolute Gasteiger partial charge is 0.322 e. The number of hydrogen-bond donors (Lipinski definition) is 1. The molecular weight excluding hydrogens is 270 g/mol. The van der Waals surface area contributed by atoms with E-state index in [1.807, 2.05) is 19.9 Å². The van der Waals surface area contributed by atoms with Gasteiger partial charge in [-0.2, -0.15) is 0 Å². The number of aryl methyl sites for hydroxylation is 1. The first-order chi connectivity index (χ1) is 9.97. The molecule has 0 bridgehead atoms. The Hall–Kier alpha value is -1.82. The van der Waals surface area contributed by atoms with Crippen molar-refractivity contribution >= 4 is 11.7 Å². The predicted octanol–water partition coefficient (Wildman–Crippen LogP) is 2.43. The lowest BCUT2D eigenvalue weighted by Gasteiger charge is -2.39. The summed E-state index contributed by atoms with van der Waals surface area (Å²) in [6.07, 6.45) is 2.57. The lowest BCUT2D eigenvalue weighted by atomic mass is 10.0. The van der Waals surface area contributed by atoms with E-state index in [0.29, 0.717) is 31.3 Å². The fraction of sp³-hybridized carbons (Fsp3) is 0.600. The summed E-state index contributed by atoms with van der Waals surface area (Å²) >= 11 is 0. The van der Waals surface area contributed by atoms with Gasteiger partial charge in [0, 0.05) is 12.7 Å². The maximum absolute atomic E-state index is 12.4. The second-order valence-electron chi connectivity index (χ2n) is 5.57. The number of amides is 2. The summed E-state index contributed by atoms with van der Waals surface area (Å²) in [7, 11) is 1.54. The maximum atomic E-state index is 12.4. The quantitative estimate of drug-likeness (QED) is 0.929. The van der Waals surface area contributed by atoms with Gasteiger partial charge in [-0.05, 0) is 31.9 Å². The maximum Gasteiger partial charge on any atom is 0.322 e. The molecule has 1 fully saturated rings. The molecule has 2 amide bonds. The Bertz CT molecular complexity index is 521. The normalized spacial score (nSPS) is 22.0. The standard InChI is InChI=1S/C15H23N3O3/c1-5-15(3)10-18(6-7-21-15)14(19)17-12-8-11(2)9-16-13(12)20-4/h8-9H,5-7,10H2,1-4H3,(H,17,19). The van der Waals surface area contributed by atoms with Crippen LogP contribution in [0.25, 0.3) is 0 Å². The van der Waals surface area contributed by atoms with Crippen molar-refractivity contribution < 1.29 is 14.3 Å². The minimum atomic E-state index is -0.273. The van der Waals surface area contributed by atoms with Crippen LogP contribution in [0.15, 0.2) is 12.3 Å². The molecule has 1 aliphatic heterocycles. The Morgan fingerprint density at radius 3 is 3.05 bits per heavy atom. The zero-order valence-electron chi connectivity index (χ0n) is 13.1. The van der Waals surface area contributed by atoms with Crippen LogP contribution in [0.3, 0.4) is 0 Å². The molecule has 0 spiro atoms. The van der Waals surface area contributed by atoms with Gasteiger partial charge < -0.3 is 19.7 Å². The van der Waals surface area contributed by atoms with Crippen LogP contribution in [0.4, 0.5) is 10.5 Å². The summed E-state index contributed by atoms with van der Waals surface area (Å²) in [5.41, 5.74) is 1.28. The minimum absolute atomic E-state index is 0.149. The van der Waals surface area contributed by atoms with Gasteiger partial charge in [0.1, 0.15) is 5.69 Å². The van der Waals surface area contributed by atoms with Gasteiger partial charge in [0.2, 0.25) is 5.88 Å². The molecule has 1 unspecified atom stereocenters. The molecule has 0 aliphatic carbocycles. The highest BCUT2D eigenvalue weighted by atomic mass is 16.5. The number of nitrogens with one attached hydrogen (secondary N) is 1. The number of carbonyl (C=O) groups is 1. The molecule has 1 aromatic heterocycles. The van der Waals surface area contributed by atoms with Crippen LogP contribution < -0.4 is 10.1 Å². The van der Waals surface area contributed by atoms with Gasteiger partial charge in [0.25, 0.3) is 0 Å². The molecule has 116 valence electrons. The van der Waals surface area contributed by atoms with Crippen LogP contribution in [0, 0.1) is 6.92 Å². The fourth-order valence-corrected chi connectivity index (χ4v) is 2.32. The lowest BCUT2D eigenvalue weighted by molar-refractivity contribution is -0.0860. The zero-order chi connectivity index (χ0) is 15.5. The van der Waals surface area contributed by atoms with Gasteiger partial charge in [0.05, 0.1) is 25.9 Å². The van der Waals surface area contributed by atoms with E-state index in [1.54, 1.807) is 11.1 Å². The number of aromatic nitrogens is 1. The van der Waals surface area contributed by atoms with E-state index in [4.69, 9.17) is 9.47 Å². The Kier molecular flexibility index (Phi) is 4.67. The molecule has 6 nitrogen and oxygen atoms in total. The van der Waals surface area contributed by atoms with Crippen LogP contribution in [0.2, 0.25) is 0 Å². The van der Waals surface area contributed by atoms with Crippen molar-refractivity contribution in [2.24, 2.45) is 0 Å². The molecule has 1 saturated heterocycles. The molecule has 1 atom stereocenters. The van der Waals surface area contributed by atoms with Gasteiger partial charge in [-0.25, -0.2) is 9.78 Å². The summed E-state index contributed by atoms with van der Waals surface area (Å²) in [6.45, 7) is 7.74. The van der Waals surface area contributed by atoms with Gasteiger partial charge in [-0.1, -0.05) is 6.92 Å². The first kappa shape index (κ1) is 15.6. The van der Waals surface area contributed by atoms with Crippen LogP contribution in [0.1, 0.15) is 25.8 Å². The molecular formula is C15H23N3O3. The van der Waals surface area contributed by atoms with E-state index in [2.05, 4.69) is 17.2 Å². The van der Waals surface area contributed by atoms with Crippen molar-refractivity contribution in [1.82, 2.24) is 9.88 Å². The van der Waals surface area contributed by atoms with Crippen LogP contribution in [-0.2, 0) is 4.74 Å². The Labute approximate surface area is 125 Å². The third-order valence-corrected chi connectivity index (χ3v) is 3.79. The molecule has 0 aromatic carbocycles. The lowest BCUT2D eigenvalue weighted by Crippen LogP contribution is -2.53. The zero-order valence-corrected chi connectivity index (χ0v) is 13.1. The predicted molar refractivity (Wildman–Crippen MR) is 80.8 cm³/mol. The van der Waals surface area contributed by atoms with Crippen molar-refractivity contribution in [2.45, 2.75) is 32.8 Å². The number of ether oxygens (including phenoxy) is 2. The van der Waals surface area contributed by atoms with E-state index in [-0.39, 0.29) is 11.6 Å². The molecule has 0 saturated carbocycles. The van der Waals surface area contributed by atoms with Gasteiger partial charge >= 0.3 is 6.03 Å². The average Bonchev–Trinajstić information content (AvgIpc) is 2.47. The van der Waals surface area contributed by atoms with Crippen molar-refractivity contribution in [3.63, 3.8) is 0 Å². The largest absolute Gasteiger partial charge is 0.480 e. The summed E-state index contributed by atoms with van der Waals surface area (Å²) in [5.74, 6) is 0.417. The SMILES string of the molecule is CCC1(C)CN(C(=O)Nc2cc(C)cnc2OC)CCO1. The molecule has 1 N–H and O–H groups in total. The number of carbonyl (C=O) groups excluding carboxylic acids is 1. The molecule has 2 rings (SSSR count). The van der Waals surface area contributed by atoms with E-state index in [0.717, 1.165) is 12.0 Å². The highest BCUT2D eigenvalue weighted by molar-refractivity contribution is 5.90. The van der Waals surface area contributed by atoms with Crippen molar-refractivity contribution in [3.8, 4) is 5.88 Å². The van der Waals surface area contributed by atoms with Crippen LogP contribution >= 0.6 is 0 Å². The summed E-state index contributed by atoms with van der Waals surface area (Å²) in [4.78, 5) is 18.4. The number of rotatable bonds is 3. The Balaban J connectivity index is 2.09. The molecule has 2 heterocycles. The summed E-state index contributed by atoms with van der Waals surface area (Å²) in [6, 6.07) is 1.70. The first-order valence-electron chi connectivity index (χ1n) is 7.18. The number of urea groups is 1. The van der Waals surface area contributed by atoms with Gasteiger partial charge in [0.15, 0.2) is 0 Å². The van der Waals surface area contributed by atoms with Crippen LogP contribution in [-0.4, -0.2) is 48.3 Å². The molecule has 1 aliphatic rings. The number of morpholine rings is 1. The Morgan fingerprint density at radius 2 is 2.38 bits per heavy atom. The molecule has 21 heavy (non-hydrogen) atoms. The molecule has 6 heteroatoms. The van der Waals surface area contributed by atoms with Crippen molar-refractivity contribution in [1.29, 1.82) is 0 Å². The topological polar surface area (TPSA) is 63.7 Å². The second-order valence-corrected chi connectivity index (χ2v) is 5.57. The third kappa shape index (κ3) is 3.64. The minimum Gasteiger partial charge on any atom is -0.480 e. The summed E-state index contributed by atoms with van der Waals surface area (Å²) in [5, 5.41) is 2.88. The summed E-state index contributed by atoms with van der Waals surface area (Å²) < 4.78 is 10.9. The van der Waals surface area contributed by atoms with E-state index >= 15 is 0 Å². The fourth-order valence-electron chi connectivity index (χ4n) is 2.32. The Morgan fingerprint density at radius 1 is 1.62 bits per heavy atom. The first-order valence-corrected chi connectivity index (χ1v) is 7.18. The number of pyridine rings is 1. The molecule has 0 radical (unpaired) electrons. The van der Waals surface area contributed by atoms with Crippen molar-refractivity contribution in [3.05, 3.63) is 17.8 Å². The van der Waals surface area contributed by atoms with E-state index < -0.39 is 0 Å². The van der Waals surface area contributed by atoms with Gasteiger partial charge in [-0.3, -0.25) is 0 Å². The monoisotopic (exact) mass is 293 g/mol. The second kappa shape index (κ2) is 6.30. The number of hydrogen-bond acceptors (Lipinski definition) is 4. The highest BCUT2D eigenvalue weighted by Gasteiger charge is 2.32. The van der Waals surface area contributed by atoms with Crippen molar-refractivity contribution in [2.75, 3.05) is 32.1 Å². The van der Waals surface area contributed by atoms with E-state index in [9.17, 15) is 4.79 Å². The van der Waals surface area contributed by atoms with Crippen LogP contribution in [0.5, 0.6) is 5.88 Å². The third-order valence-electron chi connectivity index (χ3n) is 3.79. The number of nitrogens with zero attached hydrogens (tertiary/aromatic N) is 2. The number of methoxy groups -OCH3 is 1.